The Hall–Kier alpha value is -3.31. The summed E-state index contributed by atoms with van der Waals surface area (Å²) in [6.07, 6.45) is 2.25. The highest BCUT2D eigenvalue weighted by Crippen LogP contribution is 2.25. The molecule has 0 radical (unpaired) electrons. The number of Topliss-reactive ketones (excluding diaryl/α,β-unsaturated/α-hetero) is 1. The molecule has 12 heteroatoms. The molecule has 1 aromatic heterocycles. The van der Waals surface area contributed by atoms with Crippen LogP contribution in [-0.4, -0.2) is 61.1 Å². The van der Waals surface area contributed by atoms with Gasteiger partial charge in [0.2, 0.25) is 21.8 Å². The fraction of sp³-hybridized carbons (Fsp3) is 0.333. The molecule has 3 aromatic rings. The number of hydrogen-bond donors (Lipinski definition) is 2. The smallest absolute Gasteiger partial charge is 0.241 e. The lowest BCUT2D eigenvalue weighted by atomic mass is 9.99. The topological polar surface area (TPSA) is 126 Å². The van der Waals surface area contributed by atoms with Gasteiger partial charge in [0, 0.05) is 18.3 Å². The van der Waals surface area contributed by atoms with E-state index < -0.39 is 28.0 Å². The number of sulfonamides is 1. The predicted octanol–water partition coefficient (Wildman–Crippen LogP) is 4.28. The summed E-state index contributed by atoms with van der Waals surface area (Å²) in [5.74, 6) is -1.15. The number of pyridine rings is 1. The number of carbonyl (C=O) groups excluding carboxylic acids is 3. The lowest BCUT2D eigenvalue weighted by Gasteiger charge is -2.32. The SMILES string of the molecule is CC(C)C[C@H](NS(=O)(=O)c1ccc(Cl)c(Cl)c1)C(=O)NC1CCN(C(=O)Cc2cccc(-c3ccccn3)c2)CC1=O. The Morgan fingerprint density at radius 1 is 1.05 bits per heavy atom. The van der Waals surface area contributed by atoms with Gasteiger partial charge < -0.3 is 10.2 Å². The summed E-state index contributed by atoms with van der Waals surface area (Å²) in [4.78, 5) is 44.9. The number of likely N-dealkylation sites (tertiary alicyclic amines) is 1. The first-order valence-corrected chi connectivity index (χ1v) is 15.8. The number of carbonyl (C=O) groups is 3. The Morgan fingerprint density at radius 3 is 2.50 bits per heavy atom. The second-order valence-corrected chi connectivity index (χ2v) is 13.1. The van der Waals surface area contributed by atoms with Gasteiger partial charge >= 0.3 is 0 Å². The van der Waals surface area contributed by atoms with Crippen molar-refractivity contribution in [1.82, 2.24) is 19.9 Å². The summed E-state index contributed by atoms with van der Waals surface area (Å²) < 4.78 is 28.5. The molecule has 222 valence electrons. The lowest BCUT2D eigenvalue weighted by molar-refractivity contribution is -0.139. The predicted molar refractivity (Wildman–Crippen MR) is 162 cm³/mol. The molecular weight excluding hydrogens is 599 g/mol. The molecule has 1 unspecified atom stereocenters. The van der Waals surface area contributed by atoms with Crippen molar-refractivity contribution in [1.29, 1.82) is 0 Å². The monoisotopic (exact) mass is 630 g/mol. The molecule has 2 heterocycles. The summed E-state index contributed by atoms with van der Waals surface area (Å²) in [6.45, 7) is 3.84. The van der Waals surface area contributed by atoms with Crippen molar-refractivity contribution >= 4 is 50.8 Å². The number of rotatable bonds is 10. The van der Waals surface area contributed by atoms with Crippen LogP contribution in [0.25, 0.3) is 11.3 Å². The molecule has 0 aliphatic carbocycles. The zero-order valence-corrected chi connectivity index (χ0v) is 25.5. The number of aromatic nitrogens is 1. The number of ketones is 1. The average molecular weight is 632 g/mol. The zero-order chi connectivity index (χ0) is 30.4. The molecule has 0 spiro atoms. The Labute approximate surface area is 255 Å². The van der Waals surface area contributed by atoms with Crippen LogP contribution in [0.3, 0.4) is 0 Å². The van der Waals surface area contributed by atoms with Gasteiger partial charge in [-0.2, -0.15) is 4.72 Å². The van der Waals surface area contributed by atoms with Crippen molar-refractivity contribution in [3.8, 4) is 11.3 Å². The van der Waals surface area contributed by atoms with Crippen molar-refractivity contribution in [3.05, 3.63) is 82.5 Å². The minimum absolute atomic E-state index is 0.0244. The lowest BCUT2D eigenvalue weighted by Crippen LogP contribution is -2.57. The van der Waals surface area contributed by atoms with Gasteiger partial charge in [-0.05, 0) is 60.7 Å². The van der Waals surface area contributed by atoms with Crippen LogP contribution < -0.4 is 10.0 Å². The Bertz CT molecular complexity index is 1570. The maximum Gasteiger partial charge on any atom is 0.241 e. The van der Waals surface area contributed by atoms with E-state index in [4.69, 9.17) is 23.2 Å². The van der Waals surface area contributed by atoms with E-state index in [1.165, 1.54) is 23.1 Å². The molecule has 1 aliphatic rings. The van der Waals surface area contributed by atoms with E-state index >= 15 is 0 Å². The van der Waals surface area contributed by atoms with Gasteiger partial charge in [-0.15, -0.1) is 0 Å². The van der Waals surface area contributed by atoms with E-state index in [9.17, 15) is 22.8 Å². The summed E-state index contributed by atoms with van der Waals surface area (Å²) >= 11 is 11.9. The molecule has 42 heavy (non-hydrogen) atoms. The molecule has 2 N–H and O–H groups in total. The second kappa shape index (κ2) is 13.8. The van der Waals surface area contributed by atoms with Gasteiger partial charge in [-0.3, -0.25) is 19.4 Å². The zero-order valence-electron chi connectivity index (χ0n) is 23.2. The summed E-state index contributed by atoms with van der Waals surface area (Å²) in [5, 5.41) is 2.97. The molecular formula is C30H32Cl2N4O5S. The summed E-state index contributed by atoms with van der Waals surface area (Å²) in [5.41, 5.74) is 2.49. The fourth-order valence-electron chi connectivity index (χ4n) is 4.70. The van der Waals surface area contributed by atoms with Gasteiger partial charge in [0.1, 0.15) is 6.04 Å². The number of hydrogen-bond acceptors (Lipinski definition) is 6. The molecule has 4 rings (SSSR count). The first-order chi connectivity index (χ1) is 19.9. The van der Waals surface area contributed by atoms with Crippen LogP contribution in [-0.2, 0) is 30.8 Å². The van der Waals surface area contributed by atoms with Crippen molar-refractivity contribution in [2.24, 2.45) is 5.92 Å². The van der Waals surface area contributed by atoms with Crippen LogP contribution in [0.2, 0.25) is 10.0 Å². The van der Waals surface area contributed by atoms with E-state index in [2.05, 4.69) is 15.0 Å². The molecule has 1 saturated heterocycles. The van der Waals surface area contributed by atoms with Crippen molar-refractivity contribution < 1.29 is 22.8 Å². The largest absolute Gasteiger partial charge is 0.345 e. The number of piperidine rings is 1. The number of nitrogens with zero attached hydrogens (tertiary/aromatic N) is 2. The molecule has 1 aliphatic heterocycles. The van der Waals surface area contributed by atoms with Gasteiger partial charge in [-0.25, -0.2) is 8.42 Å². The highest BCUT2D eigenvalue weighted by molar-refractivity contribution is 7.89. The summed E-state index contributed by atoms with van der Waals surface area (Å²) in [6, 6.07) is 15.1. The Kier molecular flexibility index (Phi) is 10.4. The maximum atomic E-state index is 13.2. The molecule has 0 bridgehead atoms. The van der Waals surface area contributed by atoms with E-state index in [0.717, 1.165) is 16.8 Å². The van der Waals surface area contributed by atoms with Crippen LogP contribution in [0.5, 0.6) is 0 Å². The molecule has 2 atom stereocenters. The van der Waals surface area contributed by atoms with E-state index in [0.29, 0.717) is 0 Å². The van der Waals surface area contributed by atoms with Crippen molar-refractivity contribution in [3.63, 3.8) is 0 Å². The van der Waals surface area contributed by atoms with Crippen molar-refractivity contribution in [2.75, 3.05) is 13.1 Å². The number of benzene rings is 2. The maximum absolute atomic E-state index is 13.2. The van der Waals surface area contributed by atoms with E-state index in [1.807, 2.05) is 56.3 Å². The molecule has 1 fully saturated rings. The Balaban J connectivity index is 1.37. The Morgan fingerprint density at radius 2 is 1.83 bits per heavy atom. The second-order valence-electron chi connectivity index (χ2n) is 10.6. The van der Waals surface area contributed by atoms with Crippen LogP contribution >= 0.6 is 23.2 Å². The first kappa shape index (κ1) is 31.6. The van der Waals surface area contributed by atoms with Gasteiger partial charge in [0.05, 0.1) is 39.6 Å². The van der Waals surface area contributed by atoms with Crippen LogP contribution in [0.1, 0.15) is 32.3 Å². The third-order valence-electron chi connectivity index (χ3n) is 6.86. The number of halogens is 2. The van der Waals surface area contributed by atoms with Crippen LogP contribution in [0.15, 0.2) is 71.8 Å². The minimum Gasteiger partial charge on any atom is -0.345 e. The normalized spacial score (nSPS) is 16.4. The van der Waals surface area contributed by atoms with Gasteiger partial charge in [-0.1, -0.05) is 61.3 Å². The summed E-state index contributed by atoms with van der Waals surface area (Å²) in [7, 11) is -4.11. The fourth-order valence-corrected chi connectivity index (χ4v) is 6.30. The van der Waals surface area contributed by atoms with Crippen LogP contribution in [0.4, 0.5) is 0 Å². The average Bonchev–Trinajstić information content (AvgIpc) is 2.95. The van der Waals surface area contributed by atoms with E-state index in [1.54, 1.807) is 6.20 Å². The van der Waals surface area contributed by atoms with E-state index in [-0.39, 0.29) is 64.9 Å². The standard InChI is InChI=1S/C30H32Cl2N4O5S/c1-19(2)14-27(35-42(40,41)22-9-10-23(31)24(32)17-22)30(39)34-26-11-13-36(18-28(26)37)29(38)16-20-6-5-7-21(15-20)25-8-3-4-12-33-25/h3-10,12,15,17,19,26-27,35H,11,13-14,16,18H2,1-2H3,(H,34,39)/t26?,27-/m0/s1. The van der Waals surface area contributed by atoms with Gasteiger partial charge in [0.15, 0.2) is 5.78 Å². The highest BCUT2D eigenvalue weighted by atomic mass is 35.5. The molecule has 2 amide bonds. The molecule has 2 aromatic carbocycles. The third kappa shape index (κ3) is 8.16. The third-order valence-corrected chi connectivity index (χ3v) is 9.07. The first-order valence-electron chi connectivity index (χ1n) is 13.5. The number of nitrogens with one attached hydrogen (secondary N) is 2. The van der Waals surface area contributed by atoms with Crippen molar-refractivity contribution in [2.45, 2.75) is 50.1 Å². The van der Waals surface area contributed by atoms with Crippen LogP contribution in [0, 0.1) is 5.92 Å². The minimum atomic E-state index is -4.11. The number of amides is 2. The molecule has 9 nitrogen and oxygen atoms in total. The van der Waals surface area contributed by atoms with Gasteiger partial charge in [0.25, 0.3) is 0 Å². The highest BCUT2D eigenvalue weighted by Gasteiger charge is 2.34. The quantitative estimate of drug-likeness (QED) is 0.344. The molecule has 0 saturated carbocycles.